The molecule has 5 heteroatoms. The van der Waals surface area contributed by atoms with E-state index in [1.807, 2.05) is 0 Å². The number of aryl methyl sites for hydroxylation is 2. The van der Waals surface area contributed by atoms with E-state index in [0.717, 1.165) is 5.56 Å². The largest absolute Gasteiger partial charge is 0.466 e. The van der Waals surface area contributed by atoms with Crippen molar-refractivity contribution in [3.05, 3.63) is 51.9 Å². The number of hydrogen-bond acceptors (Lipinski definition) is 3. The van der Waals surface area contributed by atoms with Crippen LogP contribution in [-0.2, 0) is 0 Å². The number of anilines is 1. The molecule has 0 aliphatic carbocycles. The van der Waals surface area contributed by atoms with Gasteiger partial charge in [-0.3, -0.25) is 4.79 Å². The van der Waals surface area contributed by atoms with Crippen molar-refractivity contribution in [3.8, 4) is 11.8 Å². The number of halogens is 1. The van der Waals surface area contributed by atoms with Crippen molar-refractivity contribution >= 4 is 23.2 Å². The van der Waals surface area contributed by atoms with Crippen LogP contribution in [0, 0.1) is 25.7 Å². The average Bonchev–Trinajstić information content (AvgIpc) is 2.78. The van der Waals surface area contributed by atoms with Gasteiger partial charge in [-0.05, 0) is 38.1 Å². The molecule has 0 fully saturated rings. The Morgan fingerprint density at radius 1 is 1.38 bits per heavy atom. The summed E-state index contributed by atoms with van der Waals surface area (Å²) in [6.07, 6.45) is 0. The van der Waals surface area contributed by atoms with Crippen LogP contribution in [0.4, 0.5) is 5.69 Å². The molecule has 1 amide bonds. The minimum atomic E-state index is -0.268. The molecule has 0 aliphatic rings. The van der Waals surface area contributed by atoms with Crippen LogP contribution in [0.3, 0.4) is 0 Å². The number of furan rings is 1. The predicted molar refractivity (Wildman–Crippen MR) is 83.5 cm³/mol. The van der Waals surface area contributed by atoms with E-state index in [1.165, 1.54) is 0 Å². The molecule has 0 saturated carbocycles. The van der Waals surface area contributed by atoms with Crippen LogP contribution in [0.2, 0.25) is 5.02 Å². The van der Waals surface area contributed by atoms with E-state index in [4.69, 9.17) is 21.8 Å². The second-order valence-corrected chi connectivity index (χ2v) is 4.89. The van der Waals surface area contributed by atoms with E-state index in [0.29, 0.717) is 27.8 Å². The molecule has 1 aromatic heterocycles. The molecule has 0 radical (unpaired) electrons. The standard InChI is InChI=1S/C16H15ClN2O2/c1-10-8-13(11(2)21-10)16(20)19-15-9-12(4-3-7-18)5-6-14(15)17/h5-6,8-9H,7,18H2,1-2H3,(H,19,20). The lowest BCUT2D eigenvalue weighted by atomic mass is 10.2. The molecule has 1 heterocycles. The van der Waals surface area contributed by atoms with E-state index < -0.39 is 0 Å². The first-order valence-electron chi connectivity index (χ1n) is 6.38. The van der Waals surface area contributed by atoms with Gasteiger partial charge in [0.2, 0.25) is 0 Å². The number of carbonyl (C=O) groups is 1. The first kappa shape index (κ1) is 15.2. The van der Waals surface area contributed by atoms with Gasteiger partial charge in [0, 0.05) is 5.56 Å². The number of benzene rings is 1. The maximum Gasteiger partial charge on any atom is 0.259 e. The minimum Gasteiger partial charge on any atom is -0.466 e. The van der Waals surface area contributed by atoms with E-state index in [1.54, 1.807) is 38.1 Å². The fourth-order valence-electron chi connectivity index (χ4n) is 1.90. The first-order chi connectivity index (χ1) is 10.0. The number of rotatable bonds is 2. The van der Waals surface area contributed by atoms with Crippen LogP contribution in [0.25, 0.3) is 0 Å². The Bertz CT molecular complexity index is 738. The fraction of sp³-hybridized carbons (Fsp3) is 0.188. The Labute approximate surface area is 128 Å². The van der Waals surface area contributed by atoms with E-state index in [9.17, 15) is 4.79 Å². The highest BCUT2D eigenvalue weighted by atomic mass is 35.5. The Balaban J connectivity index is 2.26. The number of amides is 1. The number of nitrogens with two attached hydrogens (primary N) is 1. The van der Waals surface area contributed by atoms with Gasteiger partial charge in [-0.25, -0.2) is 0 Å². The highest BCUT2D eigenvalue weighted by molar-refractivity contribution is 6.34. The molecule has 4 nitrogen and oxygen atoms in total. The summed E-state index contributed by atoms with van der Waals surface area (Å²) >= 11 is 6.10. The topological polar surface area (TPSA) is 68.3 Å². The van der Waals surface area contributed by atoms with Gasteiger partial charge in [-0.1, -0.05) is 23.4 Å². The van der Waals surface area contributed by atoms with Gasteiger partial charge in [-0.15, -0.1) is 0 Å². The maximum atomic E-state index is 12.2. The lowest BCUT2D eigenvalue weighted by Gasteiger charge is -2.07. The molecule has 0 atom stereocenters. The number of carbonyl (C=O) groups excluding carboxylic acids is 1. The minimum absolute atomic E-state index is 0.268. The molecule has 0 saturated heterocycles. The van der Waals surface area contributed by atoms with Crippen molar-refractivity contribution in [1.82, 2.24) is 0 Å². The van der Waals surface area contributed by atoms with Crippen LogP contribution >= 0.6 is 11.6 Å². The zero-order valence-electron chi connectivity index (χ0n) is 11.8. The third-order valence-corrected chi connectivity index (χ3v) is 3.16. The molecule has 0 aliphatic heterocycles. The van der Waals surface area contributed by atoms with Crippen LogP contribution in [0.5, 0.6) is 0 Å². The third kappa shape index (κ3) is 3.66. The van der Waals surface area contributed by atoms with Crippen molar-refractivity contribution in [2.45, 2.75) is 13.8 Å². The normalized spacial score (nSPS) is 9.90. The smallest absolute Gasteiger partial charge is 0.259 e. The van der Waals surface area contributed by atoms with E-state index >= 15 is 0 Å². The van der Waals surface area contributed by atoms with Crippen LogP contribution in [-0.4, -0.2) is 12.5 Å². The SMILES string of the molecule is Cc1cc(C(=O)Nc2cc(C#CCN)ccc2Cl)c(C)o1. The second kappa shape index (κ2) is 6.49. The van der Waals surface area contributed by atoms with Crippen molar-refractivity contribution in [2.75, 3.05) is 11.9 Å². The van der Waals surface area contributed by atoms with Crippen LogP contribution < -0.4 is 11.1 Å². The van der Waals surface area contributed by atoms with E-state index in [-0.39, 0.29) is 12.5 Å². The summed E-state index contributed by atoms with van der Waals surface area (Å²) in [6.45, 7) is 3.81. The fourth-order valence-corrected chi connectivity index (χ4v) is 2.06. The molecule has 0 spiro atoms. The molecular formula is C16H15ClN2O2. The van der Waals surface area contributed by atoms with Gasteiger partial charge in [-0.2, -0.15) is 0 Å². The second-order valence-electron chi connectivity index (χ2n) is 4.48. The summed E-state index contributed by atoms with van der Waals surface area (Å²) in [4.78, 5) is 12.2. The van der Waals surface area contributed by atoms with Crippen molar-refractivity contribution in [3.63, 3.8) is 0 Å². The van der Waals surface area contributed by atoms with E-state index in [2.05, 4.69) is 17.2 Å². The predicted octanol–water partition coefficient (Wildman–Crippen LogP) is 3.11. The first-order valence-corrected chi connectivity index (χ1v) is 6.76. The lowest BCUT2D eigenvalue weighted by Crippen LogP contribution is -2.12. The molecule has 2 aromatic rings. The molecule has 21 heavy (non-hydrogen) atoms. The summed E-state index contributed by atoms with van der Waals surface area (Å²) in [5.74, 6) is 6.64. The summed E-state index contributed by atoms with van der Waals surface area (Å²) in [7, 11) is 0. The van der Waals surface area contributed by atoms with Crippen molar-refractivity contribution in [2.24, 2.45) is 5.73 Å². The average molecular weight is 303 g/mol. The summed E-state index contributed by atoms with van der Waals surface area (Å²) in [5, 5.41) is 3.21. The zero-order valence-corrected chi connectivity index (χ0v) is 12.5. The quantitative estimate of drug-likeness (QED) is 0.838. The van der Waals surface area contributed by atoms with Gasteiger partial charge in [0.1, 0.15) is 11.5 Å². The van der Waals surface area contributed by atoms with Crippen molar-refractivity contribution < 1.29 is 9.21 Å². The molecule has 1 aromatic carbocycles. The van der Waals surface area contributed by atoms with Crippen LogP contribution in [0.15, 0.2) is 28.7 Å². The Kier molecular flexibility index (Phi) is 4.69. The van der Waals surface area contributed by atoms with Gasteiger partial charge >= 0.3 is 0 Å². The number of hydrogen-bond donors (Lipinski definition) is 2. The summed E-state index contributed by atoms with van der Waals surface area (Å²) < 4.78 is 5.35. The van der Waals surface area contributed by atoms with Crippen LogP contribution in [0.1, 0.15) is 27.4 Å². The molecule has 2 rings (SSSR count). The Morgan fingerprint density at radius 2 is 2.14 bits per heavy atom. The van der Waals surface area contributed by atoms with Gasteiger partial charge in [0.05, 0.1) is 22.8 Å². The van der Waals surface area contributed by atoms with Crippen molar-refractivity contribution in [1.29, 1.82) is 0 Å². The van der Waals surface area contributed by atoms with Gasteiger partial charge in [0.25, 0.3) is 5.91 Å². The highest BCUT2D eigenvalue weighted by Crippen LogP contribution is 2.24. The number of nitrogens with one attached hydrogen (secondary N) is 1. The Hall–Kier alpha value is -2.22. The molecule has 0 bridgehead atoms. The molecule has 3 N–H and O–H groups in total. The molecular weight excluding hydrogens is 288 g/mol. The highest BCUT2D eigenvalue weighted by Gasteiger charge is 2.14. The third-order valence-electron chi connectivity index (χ3n) is 2.83. The Morgan fingerprint density at radius 3 is 2.76 bits per heavy atom. The molecule has 0 unspecified atom stereocenters. The monoisotopic (exact) mass is 302 g/mol. The van der Waals surface area contributed by atoms with Gasteiger partial charge < -0.3 is 15.5 Å². The molecule has 108 valence electrons. The summed E-state index contributed by atoms with van der Waals surface area (Å²) in [5.41, 5.74) is 7.07. The zero-order chi connectivity index (χ0) is 15.4. The van der Waals surface area contributed by atoms with Gasteiger partial charge in [0.15, 0.2) is 0 Å². The lowest BCUT2D eigenvalue weighted by molar-refractivity contribution is 0.102. The summed E-state index contributed by atoms with van der Waals surface area (Å²) in [6, 6.07) is 6.86. The maximum absolute atomic E-state index is 12.2.